The van der Waals surface area contributed by atoms with Gasteiger partial charge in [-0.2, -0.15) is 0 Å². The van der Waals surface area contributed by atoms with Gasteiger partial charge in [0.1, 0.15) is 23.0 Å². The smallest absolute Gasteiger partial charge is 0.254 e. The third-order valence-corrected chi connectivity index (χ3v) is 4.51. The first kappa shape index (κ1) is 17.3. The fourth-order valence-corrected chi connectivity index (χ4v) is 3.06. The normalized spacial score (nSPS) is 10.7. The highest BCUT2D eigenvalue weighted by Crippen LogP contribution is 2.27. The molecule has 1 amide bonds. The molecule has 0 aliphatic rings. The lowest BCUT2D eigenvalue weighted by molar-refractivity contribution is 0.0991. The lowest BCUT2D eigenvalue weighted by atomic mass is 10.1. The first-order chi connectivity index (χ1) is 12.0. The molecule has 4 nitrogen and oxygen atoms in total. The van der Waals surface area contributed by atoms with Crippen LogP contribution in [0.15, 0.2) is 41.8 Å². The topological polar surface area (TPSA) is 65.2 Å². The van der Waals surface area contributed by atoms with E-state index in [-0.39, 0.29) is 12.4 Å². The fourth-order valence-electron chi connectivity index (χ4n) is 2.12. The molecule has 0 saturated heterocycles. The van der Waals surface area contributed by atoms with Crippen molar-refractivity contribution in [1.82, 2.24) is 4.98 Å². The molecule has 0 saturated carbocycles. The van der Waals surface area contributed by atoms with Crippen molar-refractivity contribution in [3.05, 3.63) is 69.7 Å². The van der Waals surface area contributed by atoms with Crippen molar-refractivity contribution in [1.29, 1.82) is 0 Å². The summed E-state index contributed by atoms with van der Waals surface area (Å²) in [5, 5.41) is 3.15. The van der Waals surface area contributed by atoms with Crippen LogP contribution in [0.25, 0.3) is 10.6 Å². The molecule has 3 rings (SSSR count). The van der Waals surface area contributed by atoms with Gasteiger partial charge in [-0.3, -0.25) is 4.79 Å². The van der Waals surface area contributed by atoms with Crippen LogP contribution >= 0.6 is 22.9 Å². The summed E-state index contributed by atoms with van der Waals surface area (Å²) in [6.07, 6.45) is 0. The van der Waals surface area contributed by atoms with E-state index in [4.69, 9.17) is 22.1 Å². The van der Waals surface area contributed by atoms with Gasteiger partial charge in [0.05, 0.1) is 5.69 Å². The summed E-state index contributed by atoms with van der Waals surface area (Å²) < 4.78 is 32.9. The number of rotatable bonds is 5. The SMILES string of the molecule is NC(=O)c1c(F)ccc(OCc2csc(-c3ccc(Cl)cc3)n2)c1F. The van der Waals surface area contributed by atoms with E-state index in [1.807, 2.05) is 12.1 Å². The Bertz CT molecular complexity index is 929. The van der Waals surface area contributed by atoms with Gasteiger partial charge in [0.25, 0.3) is 5.91 Å². The lowest BCUT2D eigenvalue weighted by Crippen LogP contribution is -2.16. The van der Waals surface area contributed by atoms with Gasteiger partial charge in [-0.25, -0.2) is 13.8 Å². The summed E-state index contributed by atoms with van der Waals surface area (Å²) >= 11 is 7.25. The summed E-state index contributed by atoms with van der Waals surface area (Å²) in [6.45, 7) is -0.0369. The molecule has 25 heavy (non-hydrogen) atoms. The van der Waals surface area contributed by atoms with Gasteiger partial charge in [-0.1, -0.05) is 23.7 Å². The second-order valence-corrected chi connectivity index (χ2v) is 6.33. The van der Waals surface area contributed by atoms with Crippen LogP contribution in [0, 0.1) is 11.6 Å². The van der Waals surface area contributed by atoms with E-state index in [1.165, 1.54) is 11.3 Å². The summed E-state index contributed by atoms with van der Waals surface area (Å²) in [7, 11) is 0. The van der Waals surface area contributed by atoms with Crippen molar-refractivity contribution >= 4 is 28.8 Å². The van der Waals surface area contributed by atoms with Gasteiger partial charge in [-0.05, 0) is 24.3 Å². The quantitative estimate of drug-likeness (QED) is 0.712. The first-order valence-corrected chi connectivity index (χ1v) is 8.32. The molecule has 8 heteroatoms. The number of nitrogens with zero attached hydrogens (tertiary/aromatic N) is 1. The van der Waals surface area contributed by atoms with Crippen LogP contribution in [0.5, 0.6) is 5.75 Å². The van der Waals surface area contributed by atoms with Crippen molar-refractivity contribution in [2.45, 2.75) is 6.61 Å². The molecular weight excluding hydrogens is 370 g/mol. The molecule has 0 aliphatic carbocycles. The maximum atomic E-state index is 14.1. The molecule has 0 fully saturated rings. The lowest BCUT2D eigenvalue weighted by Gasteiger charge is -2.08. The Labute approximate surface area is 150 Å². The number of aromatic nitrogens is 1. The van der Waals surface area contributed by atoms with E-state index in [9.17, 15) is 13.6 Å². The Hall–Kier alpha value is -2.51. The molecule has 2 N–H and O–H groups in total. The van der Waals surface area contributed by atoms with Crippen molar-refractivity contribution in [2.24, 2.45) is 5.73 Å². The van der Waals surface area contributed by atoms with Crippen LogP contribution in [0.4, 0.5) is 8.78 Å². The highest BCUT2D eigenvalue weighted by atomic mass is 35.5. The van der Waals surface area contributed by atoms with Crippen LogP contribution in [0.1, 0.15) is 16.1 Å². The first-order valence-electron chi connectivity index (χ1n) is 7.06. The number of carbonyl (C=O) groups is 1. The molecule has 2 aromatic carbocycles. The van der Waals surface area contributed by atoms with Gasteiger partial charge >= 0.3 is 0 Å². The zero-order valence-electron chi connectivity index (χ0n) is 12.6. The average Bonchev–Trinajstić information content (AvgIpc) is 3.03. The minimum atomic E-state index is -1.20. The molecule has 0 atom stereocenters. The predicted molar refractivity (Wildman–Crippen MR) is 91.8 cm³/mol. The fraction of sp³-hybridized carbons (Fsp3) is 0.0588. The van der Waals surface area contributed by atoms with Gasteiger partial charge in [-0.15, -0.1) is 11.3 Å². The standard InChI is InChI=1S/C17H11ClF2N2O2S/c18-10-3-1-9(2-4-10)17-22-11(8-25-17)7-24-13-6-5-12(19)14(15(13)20)16(21)23/h1-6,8H,7H2,(H2,21,23). The third kappa shape index (κ3) is 3.78. The highest BCUT2D eigenvalue weighted by molar-refractivity contribution is 7.13. The molecule has 3 aromatic rings. The molecule has 0 aliphatic heterocycles. The Morgan fingerprint density at radius 3 is 2.60 bits per heavy atom. The molecular formula is C17H11ClF2N2O2S. The minimum Gasteiger partial charge on any atom is -0.484 e. The third-order valence-electron chi connectivity index (χ3n) is 3.32. The number of hydrogen-bond donors (Lipinski definition) is 1. The molecule has 128 valence electrons. The second kappa shape index (κ2) is 7.16. The molecule has 0 unspecified atom stereocenters. The van der Waals surface area contributed by atoms with E-state index in [0.29, 0.717) is 10.7 Å². The van der Waals surface area contributed by atoms with Gasteiger partial charge in [0, 0.05) is 16.0 Å². The van der Waals surface area contributed by atoms with Crippen LogP contribution < -0.4 is 10.5 Å². The van der Waals surface area contributed by atoms with Crippen molar-refractivity contribution in [2.75, 3.05) is 0 Å². The second-order valence-electron chi connectivity index (χ2n) is 5.04. The number of halogens is 3. The number of hydrogen-bond acceptors (Lipinski definition) is 4. The van der Waals surface area contributed by atoms with Gasteiger partial charge in [0.2, 0.25) is 0 Å². The van der Waals surface area contributed by atoms with E-state index in [1.54, 1.807) is 17.5 Å². The van der Waals surface area contributed by atoms with Crippen LogP contribution in [0.2, 0.25) is 5.02 Å². The Morgan fingerprint density at radius 1 is 1.20 bits per heavy atom. The summed E-state index contributed by atoms with van der Waals surface area (Å²) in [5.74, 6) is -3.62. The largest absolute Gasteiger partial charge is 0.484 e. The molecule has 0 radical (unpaired) electrons. The van der Waals surface area contributed by atoms with Crippen LogP contribution in [-0.4, -0.2) is 10.9 Å². The molecule has 1 aromatic heterocycles. The zero-order valence-corrected chi connectivity index (χ0v) is 14.2. The Morgan fingerprint density at radius 2 is 1.92 bits per heavy atom. The van der Waals surface area contributed by atoms with Crippen molar-refractivity contribution in [3.63, 3.8) is 0 Å². The number of primary amides is 1. The van der Waals surface area contributed by atoms with E-state index >= 15 is 0 Å². The summed E-state index contributed by atoms with van der Waals surface area (Å²) in [5.41, 5.74) is 5.62. The van der Waals surface area contributed by atoms with E-state index < -0.39 is 23.1 Å². The number of ether oxygens (including phenoxy) is 1. The molecule has 0 bridgehead atoms. The van der Waals surface area contributed by atoms with Crippen molar-refractivity contribution in [3.8, 4) is 16.3 Å². The number of amides is 1. The van der Waals surface area contributed by atoms with E-state index in [0.717, 1.165) is 22.7 Å². The van der Waals surface area contributed by atoms with Gasteiger partial charge < -0.3 is 10.5 Å². The number of thiazole rings is 1. The Balaban J connectivity index is 1.76. The predicted octanol–water partition coefficient (Wildman–Crippen LogP) is 4.42. The summed E-state index contributed by atoms with van der Waals surface area (Å²) in [4.78, 5) is 15.5. The Kier molecular flexibility index (Phi) is 4.96. The van der Waals surface area contributed by atoms with Crippen LogP contribution in [-0.2, 0) is 6.61 Å². The number of benzene rings is 2. The molecule has 0 spiro atoms. The molecule has 1 heterocycles. The van der Waals surface area contributed by atoms with Crippen LogP contribution in [0.3, 0.4) is 0 Å². The van der Waals surface area contributed by atoms with Gasteiger partial charge in [0.15, 0.2) is 11.6 Å². The maximum absolute atomic E-state index is 14.1. The maximum Gasteiger partial charge on any atom is 0.254 e. The summed E-state index contributed by atoms with van der Waals surface area (Å²) in [6, 6.07) is 9.22. The van der Waals surface area contributed by atoms with Crippen molar-refractivity contribution < 1.29 is 18.3 Å². The average molecular weight is 381 g/mol. The monoisotopic (exact) mass is 380 g/mol. The number of nitrogens with two attached hydrogens (primary N) is 1. The minimum absolute atomic E-state index is 0.0369. The number of carbonyl (C=O) groups excluding carboxylic acids is 1. The highest BCUT2D eigenvalue weighted by Gasteiger charge is 2.19. The zero-order chi connectivity index (χ0) is 18.0. The van der Waals surface area contributed by atoms with E-state index in [2.05, 4.69) is 4.98 Å².